The molecule has 0 aliphatic carbocycles. The number of benzene rings is 1. The maximum atomic E-state index is 11.9. The second-order valence-corrected chi connectivity index (χ2v) is 4.78. The van der Waals surface area contributed by atoms with Crippen molar-refractivity contribution in [1.29, 1.82) is 0 Å². The second-order valence-electron chi connectivity index (χ2n) is 4.78. The third kappa shape index (κ3) is 5.09. The van der Waals surface area contributed by atoms with Gasteiger partial charge in [0, 0.05) is 24.7 Å². The Kier molecular flexibility index (Phi) is 5.51. The van der Waals surface area contributed by atoms with Gasteiger partial charge in [-0.15, -0.1) is 0 Å². The largest absolute Gasteiger partial charge is 0.391 e. The Balaban J connectivity index is 2.64. The molecule has 1 aromatic rings. The number of hydrogen-bond donors (Lipinski definition) is 3. The van der Waals surface area contributed by atoms with Crippen molar-refractivity contribution in [2.75, 3.05) is 11.9 Å². The van der Waals surface area contributed by atoms with Gasteiger partial charge in [-0.05, 0) is 24.1 Å². The lowest BCUT2D eigenvalue weighted by Crippen LogP contribution is -2.34. The van der Waals surface area contributed by atoms with Crippen LogP contribution in [0.4, 0.5) is 5.69 Å². The molecular formula is C14H20N2O3. The van der Waals surface area contributed by atoms with E-state index < -0.39 is 6.10 Å². The predicted octanol–water partition coefficient (Wildman–Crippen LogP) is 1.39. The van der Waals surface area contributed by atoms with Gasteiger partial charge in [-0.2, -0.15) is 0 Å². The normalized spacial score (nSPS) is 12.1. The monoisotopic (exact) mass is 264 g/mol. The highest BCUT2D eigenvalue weighted by Crippen LogP contribution is 2.10. The predicted molar refractivity (Wildman–Crippen MR) is 73.9 cm³/mol. The van der Waals surface area contributed by atoms with E-state index in [2.05, 4.69) is 10.6 Å². The van der Waals surface area contributed by atoms with Crippen LogP contribution in [-0.4, -0.2) is 29.6 Å². The third-order valence-corrected chi connectivity index (χ3v) is 2.69. The number of aliphatic hydroxyl groups is 1. The van der Waals surface area contributed by atoms with Crippen LogP contribution in [0.5, 0.6) is 0 Å². The number of carbonyl (C=O) groups excluding carboxylic acids is 2. The zero-order valence-corrected chi connectivity index (χ0v) is 11.4. The van der Waals surface area contributed by atoms with Crippen LogP contribution in [0.15, 0.2) is 24.3 Å². The van der Waals surface area contributed by atoms with E-state index in [1.165, 1.54) is 6.92 Å². The van der Waals surface area contributed by atoms with Gasteiger partial charge in [-0.1, -0.05) is 19.9 Å². The molecular weight excluding hydrogens is 244 g/mol. The molecule has 0 heterocycles. The molecule has 0 aromatic heterocycles. The fourth-order valence-corrected chi connectivity index (χ4v) is 1.48. The Morgan fingerprint density at radius 3 is 2.58 bits per heavy atom. The van der Waals surface area contributed by atoms with Gasteiger partial charge in [0.15, 0.2) is 0 Å². The van der Waals surface area contributed by atoms with Crippen molar-refractivity contribution in [2.45, 2.75) is 26.9 Å². The first-order valence-corrected chi connectivity index (χ1v) is 6.24. The van der Waals surface area contributed by atoms with Crippen molar-refractivity contribution in [3.05, 3.63) is 29.8 Å². The van der Waals surface area contributed by atoms with Gasteiger partial charge >= 0.3 is 0 Å². The first-order valence-electron chi connectivity index (χ1n) is 6.24. The molecule has 3 N–H and O–H groups in total. The Morgan fingerprint density at radius 1 is 1.32 bits per heavy atom. The summed E-state index contributed by atoms with van der Waals surface area (Å²) >= 11 is 0. The smallest absolute Gasteiger partial charge is 0.251 e. The summed E-state index contributed by atoms with van der Waals surface area (Å²) in [6.45, 7) is 5.38. The minimum Gasteiger partial charge on any atom is -0.391 e. The lowest BCUT2D eigenvalue weighted by Gasteiger charge is -2.15. The van der Waals surface area contributed by atoms with Crippen molar-refractivity contribution < 1.29 is 14.7 Å². The zero-order chi connectivity index (χ0) is 14.4. The summed E-state index contributed by atoms with van der Waals surface area (Å²) in [7, 11) is 0. The molecule has 2 amide bonds. The number of rotatable bonds is 5. The lowest BCUT2D eigenvalue weighted by atomic mass is 10.1. The molecule has 0 spiro atoms. The zero-order valence-electron chi connectivity index (χ0n) is 11.4. The highest BCUT2D eigenvalue weighted by Gasteiger charge is 2.12. The Bertz CT molecular complexity index is 458. The van der Waals surface area contributed by atoms with Crippen molar-refractivity contribution in [3.63, 3.8) is 0 Å². The van der Waals surface area contributed by atoms with Crippen LogP contribution in [0, 0.1) is 5.92 Å². The minimum absolute atomic E-state index is 0.0889. The van der Waals surface area contributed by atoms with E-state index >= 15 is 0 Å². The van der Waals surface area contributed by atoms with Gasteiger partial charge < -0.3 is 15.7 Å². The van der Waals surface area contributed by atoms with Crippen molar-refractivity contribution >= 4 is 17.5 Å². The van der Waals surface area contributed by atoms with Crippen LogP contribution >= 0.6 is 0 Å². The van der Waals surface area contributed by atoms with Gasteiger partial charge in [-0.25, -0.2) is 0 Å². The molecule has 5 nitrogen and oxygen atoms in total. The Hall–Kier alpha value is -1.88. The number of nitrogens with one attached hydrogen (secondary N) is 2. The summed E-state index contributed by atoms with van der Waals surface area (Å²) < 4.78 is 0. The van der Waals surface area contributed by atoms with Crippen LogP contribution in [0.25, 0.3) is 0 Å². The maximum absolute atomic E-state index is 11.9. The molecule has 0 fully saturated rings. The van der Waals surface area contributed by atoms with E-state index in [1.54, 1.807) is 24.3 Å². The SMILES string of the molecule is CC(=O)Nc1cccc(C(=O)NCC(O)C(C)C)c1. The lowest BCUT2D eigenvalue weighted by molar-refractivity contribution is -0.114. The van der Waals surface area contributed by atoms with E-state index in [9.17, 15) is 14.7 Å². The summed E-state index contributed by atoms with van der Waals surface area (Å²) in [6, 6.07) is 6.65. The van der Waals surface area contributed by atoms with Crippen molar-refractivity contribution in [1.82, 2.24) is 5.32 Å². The molecule has 1 rings (SSSR count). The molecule has 1 atom stereocenters. The topological polar surface area (TPSA) is 78.4 Å². The second kappa shape index (κ2) is 6.89. The quantitative estimate of drug-likeness (QED) is 0.752. The Morgan fingerprint density at radius 2 is 2.00 bits per heavy atom. The van der Waals surface area contributed by atoms with Crippen LogP contribution in [-0.2, 0) is 4.79 Å². The van der Waals surface area contributed by atoms with Crippen LogP contribution in [0.1, 0.15) is 31.1 Å². The molecule has 0 saturated carbocycles. The molecule has 0 aliphatic rings. The number of carbonyl (C=O) groups is 2. The number of aliphatic hydroxyl groups excluding tert-OH is 1. The summed E-state index contributed by atoms with van der Waals surface area (Å²) in [5.74, 6) is -0.370. The molecule has 0 radical (unpaired) electrons. The standard InChI is InChI=1S/C14H20N2O3/c1-9(2)13(18)8-15-14(19)11-5-4-6-12(7-11)16-10(3)17/h4-7,9,13,18H,8H2,1-3H3,(H,15,19)(H,16,17). The summed E-state index contributed by atoms with van der Waals surface area (Å²) in [5.41, 5.74) is 1.02. The highest BCUT2D eigenvalue weighted by atomic mass is 16.3. The average Bonchev–Trinajstić information content (AvgIpc) is 2.34. The Labute approximate surface area is 113 Å². The van der Waals surface area contributed by atoms with E-state index in [0.29, 0.717) is 11.3 Å². The molecule has 5 heteroatoms. The van der Waals surface area contributed by atoms with Gasteiger partial charge in [0.05, 0.1) is 6.10 Å². The molecule has 19 heavy (non-hydrogen) atoms. The van der Waals surface area contributed by atoms with Gasteiger partial charge in [0.2, 0.25) is 5.91 Å². The molecule has 0 bridgehead atoms. The van der Waals surface area contributed by atoms with Crippen molar-refractivity contribution in [3.8, 4) is 0 Å². The van der Waals surface area contributed by atoms with Crippen LogP contribution in [0.3, 0.4) is 0 Å². The molecule has 1 unspecified atom stereocenters. The minimum atomic E-state index is -0.567. The first kappa shape index (κ1) is 15.2. The fraction of sp³-hybridized carbons (Fsp3) is 0.429. The van der Waals surface area contributed by atoms with Gasteiger partial charge in [0.1, 0.15) is 0 Å². The fourth-order valence-electron chi connectivity index (χ4n) is 1.48. The highest BCUT2D eigenvalue weighted by molar-refractivity contribution is 5.96. The summed E-state index contributed by atoms with van der Waals surface area (Å²) in [6.07, 6.45) is -0.567. The van der Waals surface area contributed by atoms with E-state index in [-0.39, 0.29) is 24.3 Å². The third-order valence-electron chi connectivity index (χ3n) is 2.69. The molecule has 1 aromatic carbocycles. The summed E-state index contributed by atoms with van der Waals surface area (Å²) in [4.78, 5) is 22.8. The maximum Gasteiger partial charge on any atom is 0.251 e. The van der Waals surface area contributed by atoms with Gasteiger partial charge in [0.25, 0.3) is 5.91 Å². The first-order chi connectivity index (χ1) is 8.90. The number of hydrogen-bond acceptors (Lipinski definition) is 3. The average molecular weight is 264 g/mol. The number of anilines is 1. The molecule has 104 valence electrons. The van der Waals surface area contributed by atoms with Crippen LogP contribution < -0.4 is 10.6 Å². The van der Waals surface area contributed by atoms with Crippen LogP contribution in [0.2, 0.25) is 0 Å². The molecule has 0 saturated heterocycles. The number of amides is 2. The van der Waals surface area contributed by atoms with E-state index in [0.717, 1.165) is 0 Å². The van der Waals surface area contributed by atoms with E-state index in [1.807, 2.05) is 13.8 Å². The van der Waals surface area contributed by atoms with Crippen molar-refractivity contribution in [2.24, 2.45) is 5.92 Å². The molecule has 0 aliphatic heterocycles. The van der Waals surface area contributed by atoms with Gasteiger partial charge in [-0.3, -0.25) is 9.59 Å². The summed E-state index contributed by atoms with van der Waals surface area (Å²) in [5, 5.41) is 14.9. The van der Waals surface area contributed by atoms with E-state index in [4.69, 9.17) is 0 Å².